The Morgan fingerprint density at radius 2 is 1.68 bits per heavy atom. The Balaban J connectivity index is 1.88. The molecule has 1 aliphatic rings. The van der Waals surface area contributed by atoms with Crippen LogP contribution in [0.3, 0.4) is 0 Å². The van der Waals surface area contributed by atoms with Gasteiger partial charge in [-0.05, 0) is 35.9 Å². The standard InChI is InChI=1S/C17H13NOS3/c1-19-14-9-7-12(8-10-14)11-15-16(20)18(17(21)22-15)13-5-3-2-4-6-13/h2-11H,1H3/b15-11-. The summed E-state index contributed by atoms with van der Waals surface area (Å²) in [6.45, 7) is 0. The third-order valence-electron chi connectivity index (χ3n) is 3.22. The summed E-state index contributed by atoms with van der Waals surface area (Å²) in [7, 11) is 1.66. The minimum absolute atomic E-state index is 0.747. The van der Waals surface area contributed by atoms with Gasteiger partial charge < -0.3 is 4.74 Å². The maximum Gasteiger partial charge on any atom is 0.151 e. The Kier molecular flexibility index (Phi) is 4.57. The molecule has 2 aromatic rings. The van der Waals surface area contributed by atoms with Crippen molar-refractivity contribution in [1.29, 1.82) is 0 Å². The van der Waals surface area contributed by atoms with Crippen molar-refractivity contribution in [1.82, 2.24) is 0 Å². The van der Waals surface area contributed by atoms with Crippen LogP contribution in [-0.2, 0) is 0 Å². The topological polar surface area (TPSA) is 12.5 Å². The highest BCUT2D eigenvalue weighted by Gasteiger charge is 2.29. The Morgan fingerprint density at radius 1 is 1.00 bits per heavy atom. The molecule has 0 saturated carbocycles. The fourth-order valence-electron chi connectivity index (χ4n) is 2.12. The number of benzene rings is 2. The largest absolute Gasteiger partial charge is 0.497 e. The smallest absolute Gasteiger partial charge is 0.151 e. The molecule has 1 saturated heterocycles. The lowest BCUT2D eigenvalue weighted by molar-refractivity contribution is 0.415. The third kappa shape index (κ3) is 3.06. The van der Waals surface area contributed by atoms with Gasteiger partial charge in [-0.15, -0.1) is 0 Å². The molecule has 0 aliphatic carbocycles. The van der Waals surface area contributed by atoms with Gasteiger partial charge in [0.2, 0.25) is 0 Å². The molecule has 0 spiro atoms. The van der Waals surface area contributed by atoms with Crippen molar-refractivity contribution in [2.75, 3.05) is 12.0 Å². The molecule has 110 valence electrons. The maximum atomic E-state index is 5.59. The molecular formula is C17H13NOS3. The van der Waals surface area contributed by atoms with Crippen molar-refractivity contribution < 1.29 is 4.74 Å². The van der Waals surface area contributed by atoms with Crippen molar-refractivity contribution in [3.63, 3.8) is 0 Å². The Hall–Kier alpha value is -1.69. The zero-order chi connectivity index (χ0) is 15.5. The molecular weight excluding hydrogens is 330 g/mol. The van der Waals surface area contributed by atoms with Gasteiger partial charge in [-0.1, -0.05) is 66.5 Å². The van der Waals surface area contributed by atoms with Gasteiger partial charge in [0.15, 0.2) is 4.32 Å². The van der Waals surface area contributed by atoms with Crippen molar-refractivity contribution in [2.45, 2.75) is 0 Å². The monoisotopic (exact) mass is 343 g/mol. The van der Waals surface area contributed by atoms with Crippen LogP contribution >= 0.6 is 36.2 Å². The van der Waals surface area contributed by atoms with Crippen molar-refractivity contribution in [2.24, 2.45) is 0 Å². The fourth-order valence-corrected chi connectivity index (χ4v) is 3.93. The first-order valence-corrected chi connectivity index (χ1v) is 8.29. The van der Waals surface area contributed by atoms with Crippen LogP contribution in [0.2, 0.25) is 0 Å². The van der Waals surface area contributed by atoms with E-state index in [0.717, 1.165) is 31.2 Å². The first kappa shape index (κ1) is 15.2. The van der Waals surface area contributed by atoms with E-state index in [2.05, 4.69) is 6.08 Å². The van der Waals surface area contributed by atoms with Gasteiger partial charge >= 0.3 is 0 Å². The number of nitrogens with zero attached hydrogens (tertiary/aromatic N) is 1. The average Bonchev–Trinajstić information content (AvgIpc) is 2.83. The number of hydrogen-bond acceptors (Lipinski definition) is 4. The Labute approximate surface area is 144 Å². The van der Waals surface area contributed by atoms with E-state index < -0.39 is 0 Å². The number of thioether (sulfide) groups is 1. The van der Waals surface area contributed by atoms with Crippen LogP contribution in [0.15, 0.2) is 59.5 Å². The predicted molar refractivity (Wildman–Crippen MR) is 103 cm³/mol. The van der Waals surface area contributed by atoms with E-state index in [4.69, 9.17) is 29.2 Å². The first-order chi connectivity index (χ1) is 10.7. The third-order valence-corrected chi connectivity index (χ3v) is 5.07. The van der Waals surface area contributed by atoms with E-state index in [1.165, 1.54) is 11.8 Å². The number of methoxy groups -OCH3 is 1. The summed E-state index contributed by atoms with van der Waals surface area (Å²) in [4.78, 5) is 3.68. The lowest BCUT2D eigenvalue weighted by atomic mass is 10.2. The van der Waals surface area contributed by atoms with Crippen LogP contribution in [0.25, 0.3) is 6.08 Å². The summed E-state index contributed by atoms with van der Waals surface area (Å²) < 4.78 is 5.93. The molecule has 0 N–H and O–H groups in total. The van der Waals surface area contributed by atoms with Crippen molar-refractivity contribution in [3.05, 3.63) is 65.1 Å². The maximum absolute atomic E-state index is 5.59. The number of ether oxygens (including phenoxy) is 1. The van der Waals surface area contributed by atoms with E-state index >= 15 is 0 Å². The van der Waals surface area contributed by atoms with Gasteiger partial charge in [-0.3, -0.25) is 4.90 Å². The second-order valence-corrected chi connectivity index (χ2v) is 6.69. The molecule has 2 nitrogen and oxygen atoms in total. The second-order valence-electron chi connectivity index (χ2n) is 4.63. The minimum atomic E-state index is 0.747. The van der Waals surface area contributed by atoms with Crippen LogP contribution in [0, 0.1) is 0 Å². The molecule has 0 bridgehead atoms. The van der Waals surface area contributed by atoms with Gasteiger partial charge in [0, 0.05) is 5.69 Å². The first-order valence-electron chi connectivity index (χ1n) is 6.66. The summed E-state index contributed by atoms with van der Waals surface area (Å²) in [6.07, 6.45) is 2.06. The highest BCUT2D eigenvalue weighted by molar-refractivity contribution is 8.28. The Morgan fingerprint density at radius 3 is 2.32 bits per heavy atom. The van der Waals surface area contributed by atoms with E-state index in [1.54, 1.807) is 7.11 Å². The van der Waals surface area contributed by atoms with Gasteiger partial charge in [0.05, 0.1) is 12.0 Å². The van der Waals surface area contributed by atoms with E-state index in [0.29, 0.717) is 0 Å². The van der Waals surface area contributed by atoms with Crippen LogP contribution in [0.1, 0.15) is 5.56 Å². The second kappa shape index (κ2) is 6.60. The normalized spacial score (nSPS) is 16.4. The number of anilines is 1. The Bertz CT molecular complexity index is 738. The van der Waals surface area contributed by atoms with Gasteiger partial charge in [-0.2, -0.15) is 0 Å². The highest BCUT2D eigenvalue weighted by atomic mass is 32.2. The van der Waals surface area contributed by atoms with E-state index in [9.17, 15) is 0 Å². The highest BCUT2D eigenvalue weighted by Crippen LogP contribution is 2.36. The lowest BCUT2D eigenvalue weighted by Gasteiger charge is -2.16. The summed E-state index contributed by atoms with van der Waals surface area (Å²) in [5.74, 6) is 0.838. The van der Waals surface area contributed by atoms with Crippen molar-refractivity contribution in [3.8, 4) is 5.75 Å². The van der Waals surface area contributed by atoms with Crippen LogP contribution in [-0.4, -0.2) is 16.4 Å². The van der Waals surface area contributed by atoms with Crippen LogP contribution in [0.5, 0.6) is 5.75 Å². The van der Waals surface area contributed by atoms with Crippen LogP contribution < -0.4 is 9.64 Å². The number of rotatable bonds is 3. The molecule has 0 atom stereocenters. The SMILES string of the molecule is COc1ccc(/C=C2\SC(=S)N(c3ccccc3)C2=S)cc1. The van der Waals surface area contributed by atoms with E-state index in [-0.39, 0.29) is 0 Å². The molecule has 0 amide bonds. The zero-order valence-corrected chi connectivity index (χ0v) is 14.3. The molecule has 3 rings (SSSR count). The molecule has 0 unspecified atom stereocenters. The van der Waals surface area contributed by atoms with Crippen molar-refractivity contribution >= 4 is 57.3 Å². The van der Waals surface area contributed by atoms with Crippen LogP contribution in [0.4, 0.5) is 5.69 Å². The van der Waals surface area contributed by atoms with Gasteiger partial charge in [0.1, 0.15) is 10.7 Å². The number of para-hydroxylation sites is 1. The molecule has 0 radical (unpaired) electrons. The fraction of sp³-hybridized carbons (Fsp3) is 0.0588. The molecule has 2 aromatic carbocycles. The molecule has 1 heterocycles. The molecule has 22 heavy (non-hydrogen) atoms. The molecule has 5 heteroatoms. The minimum Gasteiger partial charge on any atom is -0.497 e. The average molecular weight is 343 g/mol. The van der Waals surface area contributed by atoms with E-state index in [1.807, 2.05) is 59.5 Å². The summed E-state index contributed by atoms with van der Waals surface area (Å²) in [5.41, 5.74) is 2.08. The molecule has 1 fully saturated rings. The molecule has 0 aromatic heterocycles. The zero-order valence-electron chi connectivity index (χ0n) is 11.9. The predicted octanol–water partition coefficient (Wildman–Crippen LogP) is 4.90. The summed E-state index contributed by atoms with van der Waals surface area (Å²) in [5, 5.41) is 0. The summed E-state index contributed by atoms with van der Waals surface area (Å²) in [6, 6.07) is 17.8. The summed E-state index contributed by atoms with van der Waals surface area (Å²) >= 11 is 12.6. The number of hydrogen-bond donors (Lipinski definition) is 0. The van der Waals surface area contributed by atoms with Gasteiger partial charge in [-0.25, -0.2) is 0 Å². The quantitative estimate of drug-likeness (QED) is 0.578. The lowest BCUT2D eigenvalue weighted by Crippen LogP contribution is -2.25. The number of thiocarbonyl (C=S) groups is 2. The molecule has 1 aliphatic heterocycles. The van der Waals surface area contributed by atoms with Gasteiger partial charge in [0.25, 0.3) is 0 Å².